The van der Waals surface area contributed by atoms with Gasteiger partial charge in [0.05, 0.1) is 17.4 Å². The number of aromatic nitrogens is 2. The van der Waals surface area contributed by atoms with Crippen LogP contribution in [0.2, 0.25) is 0 Å². The van der Waals surface area contributed by atoms with Crippen LogP contribution in [0.3, 0.4) is 0 Å². The summed E-state index contributed by atoms with van der Waals surface area (Å²) in [5.41, 5.74) is 12.1. The molecular formula is C23H28N4O. The van der Waals surface area contributed by atoms with Crippen LogP contribution in [0.5, 0.6) is 0 Å². The van der Waals surface area contributed by atoms with Gasteiger partial charge >= 0.3 is 0 Å². The number of carbonyl (C=O) groups excluding carboxylic acids is 1. The highest BCUT2D eigenvalue weighted by Gasteiger charge is 2.36. The molecule has 0 spiro atoms. The van der Waals surface area contributed by atoms with Crippen LogP contribution in [-0.4, -0.2) is 33.4 Å². The van der Waals surface area contributed by atoms with E-state index in [4.69, 9.17) is 5.73 Å². The van der Waals surface area contributed by atoms with Crippen molar-refractivity contribution in [2.45, 2.75) is 46.2 Å². The number of nitrogens with two attached hydrogens (primary N) is 1. The van der Waals surface area contributed by atoms with E-state index >= 15 is 0 Å². The number of benzene rings is 2. The van der Waals surface area contributed by atoms with E-state index in [1.165, 1.54) is 11.1 Å². The predicted molar refractivity (Wildman–Crippen MR) is 112 cm³/mol. The molecule has 146 valence electrons. The van der Waals surface area contributed by atoms with Crippen molar-refractivity contribution in [2.24, 2.45) is 11.1 Å². The third kappa shape index (κ3) is 3.42. The summed E-state index contributed by atoms with van der Waals surface area (Å²) in [5, 5.41) is 0. The summed E-state index contributed by atoms with van der Waals surface area (Å²) < 4.78 is 0. The van der Waals surface area contributed by atoms with E-state index in [1.54, 1.807) is 6.33 Å². The average Bonchev–Trinajstić information content (AvgIpc) is 3.05. The lowest BCUT2D eigenvalue weighted by molar-refractivity contribution is 0.0532. The van der Waals surface area contributed by atoms with Crippen molar-refractivity contribution in [2.75, 3.05) is 6.54 Å². The van der Waals surface area contributed by atoms with Gasteiger partial charge in [0.15, 0.2) is 0 Å². The molecule has 1 atom stereocenters. The number of fused-ring (bicyclic) bond motifs is 2. The molecule has 2 heterocycles. The molecule has 4 rings (SSSR count). The molecule has 1 aromatic heterocycles. The Kier molecular flexibility index (Phi) is 4.71. The summed E-state index contributed by atoms with van der Waals surface area (Å²) in [5.74, 6) is 0.0864. The van der Waals surface area contributed by atoms with Crippen molar-refractivity contribution in [3.63, 3.8) is 0 Å². The Morgan fingerprint density at radius 2 is 2.04 bits per heavy atom. The first kappa shape index (κ1) is 18.7. The van der Waals surface area contributed by atoms with E-state index in [2.05, 4.69) is 53.8 Å². The molecule has 1 unspecified atom stereocenters. The number of H-pyrrole nitrogens is 1. The maximum atomic E-state index is 13.5. The second kappa shape index (κ2) is 7.06. The van der Waals surface area contributed by atoms with E-state index < -0.39 is 0 Å². The molecule has 1 aliphatic rings. The average molecular weight is 377 g/mol. The summed E-state index contributed by atoms with van der Waals surface area (Å²) in [7, 11) is 0. The highest BCUT2D eigenvalue weighted by atomic mass is 16.2. The summed E-state index contributed by atoms with van der Waals surface area (Å²) in [6.07, 6.45) is 3.38. The maximum Gasteiger partial charge on any atom is 0.254 e. The van der Waals surface area contributed by atoms with Gasteiger partial charge in [-0.1, -0.05) is 39.0 Å². The molecule has 0 bridgehead atoms. The van der Waals surface area contributed by atoms with Gasteiger partial charge in [-0.15, -0.1) is 0 Å². The number of hydrogen-bond donors (Lipinski definition) is 2. The molecule has 5 nitrogen and oxygen atoms in total. The summed E-state index contributed by atoms with van der Waals surface area (Å²) >= 11 is 0. The molecule has 28 heavy (non-hydrogen) atoms. The van der Waals surface area contributed by atoms with Crippen LogP contribution in [0.25, 0.3) is 11.0 Å². The minimum Gasteiger partial charge on any atom is -0.345 e. The fourth-order valence-corrected chi connectivity index (χ4v) is 4.21. The Balaban J connectivity index is 1.71. The smallest absolute Gasteiger partial charge is 0.254 e. The largest absolute Gasteiger partial charge is 0.345 e. The van der Waals surface area contributed by atoms with Crippen LogP contribution in [0.15, 0.2) is 42.7 Å². The van der Waals surface area contributed by atoms with Crippen LogP contribution in [-0.2, 0) is 19.4 Å². The second-order valence-electron chi connectivity index (χ2n) is 8.78. The zero-order valence-corrected chi connectivity index (χ0v) is 16.8. The van der Waals surface area contributed by atoms with Gasteiger partial charge in [-0.2, -0.15) is 0 Å². The summed E-state index contributed by atoms with van der Waals surface area (Å²) in [6, 6.07) is 12.3. The molecule has 5 heteroatoms. The van der Waals surface area contributed by atoms with E-state index in [0.29, 0.717) is 12.1 Å². The van der Waals surface area contributed by atoms with Crippen molar-refractivity contribution in [1.82, 2.24) is 14.9 Å². The van der Waals surface area contributed by atoms with Gasteiger partial charge < -0.3 is 15.6 Å². The number of amides is 1. The van der Waals surface area contributed by atoms with Crippen molar-refractivity contribution in [3.05, 3.63) is 65.0 Å². The third-order valence-corrected chi connectivity index (χ3v) is 5.85. The highest BCUT2D eigenvalue weighted by Crippen LogP contribution is 2.33. The summed E-state index contributed by atoms with van der Waals surface area (Å²) in [4.78, 5) is 22.9. The minimum atomic E-state index is -0.0337. The van der Waals surface area contributed by atoms with Gasteiger partial charge in [0, 0.05) is 24.7 Å². The Hall–Kier alpha value is -2.66. The zero-order valence-electron chi connectivity index (χ0n) is 16.8. The quantitative estimate of drug-likeness (QED) is 0.716. The summed E-state index contributed by atoms with van der Waals surface area (Å²) in [6.45, 7) is 7.91. The van der Waals surface area contributed by atoms with Gasteiger partial charge in [-0.25, -0.2) is 4.98 Å². The predicted octanol–water partition coefficient (Wildman–Crippen LogP) is 3.68. The lowest BCUT2D eigenvalue weighted by Gasteiger charge is -2.39. The first-order chi connectivity index (χ1) is 13.4. The Bertz CT molecular complexity index is 1010. The molecule has 2 aromatic carbocycles. The van der Waals surface area contributed by atoms with Gasteiger partial charge in [-0.3, -0.25) is 4.79 Å². The third-order valence-electron chi connectivity index (χ3n) is 5.85. The lowest BCUT2D eigenvalue weighted by atomic mass is 9.81. The van der Waals surface area contributed by atoms with Gasteiger partial charge in [0.1, 0.15) is 0 Å². The van der Waals surface area contributed by atoms with Gasteiger partial charge in [-0.05, 0) is 53.1 Å². The number of aromatic amines is 1. The zero-order chi connectivity index (χ0) is 19.9. The lowest BCUT2D eigenvalue weighted by Crippen LogP contribution is -2.48. The van der Waals surface area contributed by atoms with Crippen LogP contribution in [0, 0.1) is 5.41 Å². The molecule has 0 saturated carbocycles. The monoisotopic (exact) mass is 376 g/mol. The van der Waals surface area contributed by atoms with Gasteiger partial charge in [0.25, 0.3) is 5.91 Å². The second-order valence-corrected chi connectivity index (χ2v) is 8.78. The molecular weight excluding hydrogens is 348 g/mol. The number of nitrogens with zero attached hydrogens (tertiary/aromatic N) is 2. The first-order valence-corrected chi connectivity index (χ1v) is 9.91. The van der Waals surface area contributed by atoms with Gasteiger partial charge in [0.2, 0.25) is 0 Å². The highest BCUT2D eigenvalue weighted by molar-refractivity contribution is 5.97. The Morgan fingerprint density at radius 3 is 2.79 bits per heavy atom. The van der Waals surface area contributed by atoms with Crippen LogP contribution >= 0.6 is 0 Å². The molecule has 0 radical (unpaired) electrons. The number of carbonyl (C=O) groups is 1. The molecule has 0 fully saturated rings. The van der Waals surface area contributed by atoms with Crippen molar-refractivity contribution in [1.29, 1.82) is 0 Å². The number of nitrogens with one attached hydrogen (secondary N) is 1. The maximum absolute atomic E-state index is 13.5. The molecule has 0 saturated heterocycles. The van der Waals surface area contributed by atoms with Crippen LogP contribution in [0.4, 0.5) is 0 Å². The number of imidazole rings is 1. The Labute approximate surface area is 166 Å². The van der Waals surface area contributed by atoms with Crippen molar-refractivity contribution in [3.8, 4) is 0 Å². The standard InChI is InChI=1S/C23H28N4O/c1-23(2,3)21-12-18-10-15(13-24)4-5-16(18)8-9-27(21)22(28)17-6-7-19-20(11-17)26-14-25-19/h4-7,10-11,14,21H,8-9,12-13,24H2,1-3H3,(H,25,26). The molecule has 0 aliphatic carbocycles. The first-order valence-electron chi connectivity index (χ1n) is 9.91. The number of rotatable bonds is 2. The normalized spacial score (nSPS) is 17.4. The van der Waals surface area contributed by atoms with Crippen LogP contribution < -0.4 is 5.73 Å². The van der Waals surface area contributed by atoms with E-state index in [-0.39, 0.29) is 17.4 Å². The molecule has 1 amide bonds. The molecule has 1 aliphatic heterocycles. The number of hydrogen-bond acceptors (Lipinski definition) is 3. The molecule has 3 aromatic rings. The minimum absolute atomic E-state index is 0.0337. The van der Waals surface area contributed by atoms with Crippen molar-refractivity contribution >= 4 is 16.9 Å². The topological polar surface area (TPSA) is 75.0 Å². The Morgan fingerprint density at radius 1 is 1.21 bits per heavy atom. The fraction of sp³-hybridized carbons (Fsp3) is 0.391. The van der Waals surface area contributed by atoms with E-state index in [1.807, 2.05) is 18.2 Å². The fourth-order valence-electron chi connectivity index (χ4n) is 4.21. The van der Waals surface area contributed by atoms with E-state index in [9.17, 15) is 4.79 Å². The van der Waals surface area contributed by atoms with Crippen LogP contribution in [0.1, 0.15) is 47.8 Å². The van der Waals surface area contributed by atoms with E-state index in [0.717, 1.165) is 36.0 Å². The molecule has 3 N–H and O–H groups in total. The van der Waals surface area contributed by atoms with Crippen molar-refractivity contribution < 1.29 is 4.79 Å². The SMILES string of the molecule is CC(C)(C)C1Cc2cc(CN)ccc2CCN1C(=O)c1ccc2nc[nH]c2c1.